The fourth-order valence-electron chi connectivity index (χ4n) is 3.98. The van der Waals surface area contributed by atoms with Crippen molar-refractivity contribution >= 4 is 5.69 Å². The van der Waals surface area contributed by atoms with Crippen LogP contribution in [0.5, 0.6) is 5.75 Å². The van der Waals surface area contributed by atoms with Gasteiger partial charge in [0.05, 0.1) is 12.8 Å². The van der Waals surface area contributed by atoms with Crippen molar-refractivity contribution in [2.45, 2.75) is 24.8 Å². The van der Waals surface area contributed by atoms with Gasteiger partial charge >= 0.3 is 0 Å². The van der Waals surface area contributed by atoms with Crippen LogP contribution in [0.15, 0.2) is 42.6 Å². The molecule has 3 heterocycles. The first-order chi connectivity index (χ1) is 11.3. The zero-order chi connectivity index (χ0) is 15.7. The fourth-order valence-corrected chi connectivity index (χ4v) is 3.98. The SMILES string of the molecule is COc1cccnc1CN1CCC2(CC1)CNc1ccccc12. The molecule has 1 N–H and O–H groups in total. The highest BCUT2D eigenvalue weighted by Crippen LogP contribution is 2.43. The quantitative estimate of drug-likeness (QED) is 0.945. The molecule has 1 aromatic carbocycles. The van der Waals surface area contributed by atoms with Gasteiger partial charge in [-0.2, -0.15) is 0 Å². The number of aromatic nitrogens is 1. The Balaban J connectivity index is 1.46. The Bertz CT molecular complexity index is 693. The lowest BCUT2D eigenvalue weighted by atomic mass is 9.74. The van der Waals surface area contributed by atoms with Crippen molar-refractivity contribution in [1.29, 1.82) is 0 Å². The molecule has 1 aromatic heterocycles. The van der Waals surface area contributed by atoms with Gasteiger partial charge in [-0.05, 0) is 49.7 Å². The van der Waals surface area contributed by atoms with Crippen molar-refractivity contribution in [1.82, 2.24) is 9.88 Å². The molecule has 4 heteroatoms. The van der Waals surface area contributed by atoms with Gasteiger partial charge in [0.1, 0.15) is 5.75 Å². The van der Waals surface area contributed by atoms with E-state index in [-0.39, 0.29) is 0 Å². The van der Waals surface area contributed by atoms with Crippen LogP contribution in [0.25, 0.3) is 0 Å². The largest absolute Gasteiger partial charge is 0.495 e. The number of rotatable bonds is 3. The Labute approximate surface area is 137 Å². The maximum atomic E-state index is 5.43. The Morgan fingerprint density at radius 1 is 1.17 bits per heavy atom. The molecular weight excluding hydrogens is 286 g/mol. The highest BCUT2D eigenvalue weighted by Gasteiger charge is 2.41. The van der Waals surface area contributed by atoms with Gasteiger partial charge in [0.25, 0.3) is 0 Å². The number of hydrogen-bond acceptors (Lipinski definition) is 4. The lowest BCUT2D eigenvalue weighted by molar-refractivity contribution is 0.159. The maximum Gasteiger partial charge on any atom is 0.141 e. The molecule has 0 aliphatic carbocycles. The molecule has 2 aliphatic heterocycles. The van der Waals surface area contributed by atoms with E-state index in [0.29, 0.717) is 5.41 Å². The van der Waals surface area contributed by atoms with Crippen molar-refractivity contribution in [3.8, 4) is 5.75 Å². The van der Waals surface area contributed by atoms with E-state index in [1.807, 2.05) is 18.3 Å². The van der Waals surface area contributed by atoms with Crippen molar-refractivity contribution < 1.29 is 4.74 Å². The molecular formula is C19H23N3O. The summed E-state index contributed by atoms with van der Waals surface area (Å²) in [6.45, 7) is 4.16. The Kier molecular flexibility index (Phi) is 3.69. The van der Waals surface area contributed by atoms with Crippen LogP contribution in [-0.2, 0) is 12.0 Å². The first-order valence-corrected chi connectivity index (χ1v) is 8.34. The standard InChI is InChI=1S/C19H23N3O/c1-23-18-7-4-10-20-17(18)13-22-11-8-19(9-12-22)14-21-16-6-3-2-5-15(16)19/h2-7,10,21H,8-9,11-14H2,1H3. The monoisotopic (exact) mass is 309 g/mol. The number of nitrogens with one attached hydrogen (secondary N) is 1. The van der Waals surface area contributed by atoms with Crippen molar-refractivity contribution in [3.05, 3.63) is 53.9 Å². The van der Waals surface area contributed by atoms with Gasteiger partial charge in [-0.1, -0.05) is 18.2 Å². The Morgan fingerprint density at radius 2 is 2.00 bits per heavy atom. The van der Waals surface area contributed by atoms with E-state index >= 15 is 0 Å². The lowest BCUT2D eigenvalue weighted by Crippen LogP contribution is -2.43. The minimum Gasteiger partial charge on any atom is -0.495 e. The number of fused-ring (bicyclic) bond motifs is 2. The van der Waals surface area contributed by atoms with Gasteiger partial charge in [-0.15, -0.1) is 0 Å². The average molecular weight is 309 g/mol. The van der Waals surface area contributed by atoms with Crippen molar-refractivity contribution in [2.24, 2.45) is 0 Å². The summed E-state index contributed by atoms with van der Waals surface area (Å²) in [5.74, 6) is 0.890. The van der Waals surface area contributed by atoms with Gasteiger partial charge in [0.15, 0.2) is 0 Å². The summed E-state index contributed by atoms with van der Waals surface area (Å²) in [6, 6.07) is 12.7. The van der Waals surface area contributed by atoms with Gasteiger partial charge in [0.2, 0.25) is 0 Å². The third-order valence-corrected chi connectivity index (χ3v) is 5.37. The molecule has 23 heavy (non-hydrogen) atoms. The third-order valence-electron chi connectivity index (χ3n) is 5.37. The summed E-state index contributed by atoms with van der Waals surface area (Å²) in [6.07, 6.45) is 4.25. The molecule has 1 fully saturated rings. The Morgan fingerprint density at radius 3 is 2.83 bits per heavy atom. The lowest BCUT2D eigenvalue weighted by Gasteiger charge is -2.39. The number of benzene rings is 1. The molecule has 120 valence electrons. The number of piperidine rings is 1. The molecule has 0 radical (unpaired) electrons. The zero-order valence-corrected chi connectivity index (χ0v) is 13.6. The number of ether oxygens (including phenoxy) is 1. The van der Waals surface area contributed by atoms with E-state index in [1.165, 1.54) is 24.1 Å². The minimum atomic E-state index is 0.321. The molecule has 0 unspecified atom stereocenters. The van der Waals surface area contributed by atoms with E-state index in [0.717, 1.165) is 37.6 Å². The van der Waals surface area contributed by atoms with Gasteiger partial charge in [-0.25, -0.2) is 0 Å². The van der Waals surface area contributed by atoms with E-state index in [2.05, 4.69) is 39.5 Å². The molecule has 1 saturated heterocycles. The van der Waals surface area contributed by atoms with Crippen LogP contribution >= 0.6 is 0 Å². The number of pyridine rings is 1. The van der Waals surface area contributed by atoms with E-state index in [1.54, 1.807) is 7.11 Å². The van der Waals surface area contributed by atoms with Gasteiger partial charge in [0, 0.05) is 30.4 Å². The summed E-state index contributed by atoms with van der Waals surface area (Å²) in [7, 11) is 1.72. The second kappa shape index (κ2) is 5.85. The van der Waals surface area contributed by atoms with Crippen LogP contribution in [0.2, 0.25) is 0 Å². The number of nitrogens with zero attached hydrogens (tertiary/aromatic N) is 2. The average Bonchev–Trinajstić information content (AvgIpc) is 2.96. The molecule has 0 amide bonds. The van der Waals surface area contributed by atoms with E-state index in [4.69, 9.17) is 4.74 Å². The maximum absolute atomic E-state index is 5.43. The number of hydrogen-bond donors (Lipinski definition) is 1. The summed E-state index contributed by atoms with van der Waals surface area (Å²) >= 11 is 0. The van der Waals surface area contributed by atoms with Crippen LogP contribution in [0.1, 0.15) is 24.1 Å². The van der Waals surface area contributed by atoms with Crippen molar-refractivity contribution in [3.63, 3.8) is 0 Å². The number of methoxy groups -OCH3 is 1. The minimum absolute atomic E-state index is 0.321. The fraction of sp³-hybridized carbons (Fsp3) is 0.421. The van der Waals surface area contributed by atoms with Crippen molar-refractivity contribution in [2.75, 3.05) is 32.1 Å². The summed E-state index contributed by atoms with van der Waals surface area (Å²) < 4.78 is 5.43. The van der Waals surface area contributed by atoms with E-state index in [9.17, 15) is 0 Å². The van der Waals surface area contributed by atoms with Crippen LogP contribution in [0.3, 0.4) is 0 Å². The van der Waals surface area contributed by atoms with E-state index < -0.39 is 0 Å². The van der Waals surface area contributed by atoms with Crippen LogP contribution in [0.4, 0.5) is 5.69 Å². The second-order valence-corrected chi connectivity index (χ2v) is 6.61. The zero-order valence-electron chi connectivity index (χ0n) is 13.6. The summed E-state index contributed by atoms with van der Waals surface area (Å²) in [5.41, 5.74) is 4.19. The number of anilines is 1. The molecule has 0 atom stereocenters. The molecule has 4 nitrogen and oxygen atoms in total. The molecule has 2 aliphatic rings. The highest BCUT2D eigenvalue weighted by molar-refractivity contribution is 5.60. The second-order valence-electron chi connectivity index (χ2n) is 6.61. The first-order valence-electron chi connectivity index (χ1n) is 8.34. The van der Waals surface area contributed by atoms with Gasteiger partial charge < -0.3 is 10.1 Å². The first kappa shape index (κ1) is 14.5. The number of para-hydroxylation sites is 1. The summed E-state index contributed by atoms with van der Waals surface area (Å²) in [5, 5.41) is 3.59. The van der Waals surface area contributed by atoms with Crippen LogP contribution in [0, 0.1) is 0 Å². The Hall–Kier alpha value is -2.07. The van der Waals surface area contributed by atoms with Gasteiger partial charge in [-0.3, -0.25) is 9.88 Å². The third kappa shape index (κ3) is 2.57. The molecule has 0 bridgehead atoms. The molecule has 0 saturated carbocycles. The predicted molar refractivity (Wildman–Crippen MR) is 91.9 cm³/mol. The normalized spacial score (nSPS) is 19.3. The highest BCUT2D eigenvalue weighted by atomic mass is 16.5. The topological polar surface area (TPSA) is 37.4 Å². The summed E-state index contributed by atoms with van der Waals surface area (Å²) in [4.78, 5) is 6.99. The smallest absolute Gasteiger partial charge is 0.141 e. The molecule has 1 spiro atoms. The predicted octanol–water partition coefficient (Wildman–Crippen LogP) is 3.05. The molecule has 4 rings (SSSR count). The van der Waals surface area contributed by atoms with Crippen LogP contribution < -0.4 is 10.1 Å². The number of likely N-dealkylation sites (tertiary alicyclic amines) is 1. The van der Waals surface area contributed by atoms with Crippen LogP contribution in [-0.4, -0.2) is 36.6 Å². The molecule has 2 aromatic rings.